The number of benzene rings is 2. The van der Waals surface area contributed by atoms with Gasteiger partial charge in [-0.15, -0.1) is 0 Å². The van der Waals surface area contributed by atoms with Gasteiger partial charge >= 0.3 is 0 Å². The summed E-state index contributed by atoms with van der Waals surface area (Å²) in [7, 11) is 0. The Morgan fingerprint density at radius 1 is 0.926 bits per heavy atom. The van der Waals surface area contributed by atoms with Gasteiger partial charge in [0.05, 0.1) is 13.2 Å². The van der Waals surface area contributed by atoms with E-state index in [0.717, 1.165) is 56.3 Å². The first-order valence-corrected chi connectivity index (χ1v) is 9.97. The third-order valence-electron chi connectivity index (χ3n) is 5.35. The fraction of sp³-hybridized carbons (Fsp3) is 0.391. The van der Waals surface area contributed by atoms with E-state index in [1.165, 1.54) is 18.2 Å². The maximum absolute atomic E-state index is 5.92. The average Bonchev–Trinajstić information content (AvgIpc) is 3.19. The van der Waals surface area contributed by atoms with Crippen molar-refractivity contribution in [3.8, 4) is 11.5 Å². The van der Waals surface area contributed by atoms with Crippen LogP contribution in [0.2, 0.25) is 0 Å². The SMILES string of the molecule is c1ccc(OCC2CCN(CCCOc3ccc4[nH]ccc4c3)CC2)cc1. The molecule has 4 heteroatoms. The minimum absolute atomic E-state index is 0.672. The zero-order valence-corrected chi connectivity index (χ0v) is 15.8. The highest BCUT2D eigenvalue weighted by molar-refractivity contribution is 5.80. The van der Waals surface area contributed by atoms with Gasteiger partial charge in [0.2, 0.25) is 0 Å². The van der Waals surface area contributed by atoms with Crippen LogP contribution >= 0.6 is 0 Å². The van der Waals surface area contributed by atoms with Gasteiger partial charge in [-0.3, -0.25) is 0 Å². The van der Waals surface area contributed by atoms with E-state index in [-0.39, 0.29) is 0 Å². The standard InChI is InChI=1S/C23H28N2O2/c1-2-5-21(6-3-1)27-18-19-10-14-25(15-11-19)13-4-16-26-22-7-8-23-20(17-22)9-12-24-23/h1-3,5-9,12,17,19,24H,4,10-11,13-16,18H2. The highest BCUT2D eigenvalue weighted by Gasteiger charge is 2.19. The van der Waals surface area contributed by atoms with E-state index in [4.69, 9.17) is 9.47 Å². The zero-order valence-electron chi connectivity index (χ0n) is 15.8. The number of nitrogens with one attached hydrogen (secondary N) is 1. The molecule has 1 aromatic heterocycles. The number of hydrogen-bond acceptors (Lipinski definition) is 3. The summed E-state index contributed by atoms with van der Waals surface area (Å²) >= 11 is 0. The smallest absolute Gasteiger partial charge is 0.120 e. The summed E-state index contributed by atoms with van der Waals surface area (Å²) in [4.78, 5) is 5.76. The highest BCUT2D eigenvalue weighted by atomic mass is 16.5. The lowest BCUT2D eigenvalue weighted by Crippen LogP contribution is -2.36. The van der Waals surface area contributed by atoms with E-state index in [1.54, 1.807) is 0 Å². The normalized spacial score (nSPS) is 15.9. The van der Waals surface area contributed by atoms with Crippen molar-refractivity contribution < 1.29 is 9.47 Å². The van der Waals surface area contributed by atoms with E-state index in [1.807, 2.05) is 42.6 Å². The number of para-hydroxylation sites is 1. The number of rotatable bonds is 8. The van der Waals surface area contributed by atoms with Crippen LogP contribution in [0.3, 0.4) is 0 Å². The van der Waals surface area contributed by atoms with Crippen LogP contribution in [0.4, 0.5) is 0 Å². The Morgan fingerprint density at radius 3 is 2.63 bits per heavy atom. The summed E-state index contributed by atoms with van der Waals surface area (Å²) < 4.78 is 11.8. The number of ether oxygens (including phenoxy) is 2. The van der Waals surface area contributed by atoms with Crippen LogP contribution in [0.5, 0.6) is 11.5 Å². The topological polar surface area (TPSA) is 37.5 Å². The van der Waals surface area contributed by atoms with Gasteiger partial charge in [0.1, 0.15) is 11.5 Å². The molecule has 1 fully saturated rings. The van der Waals surface area contributed by atoms with E-state index < -0.39 is 0 Å². The third kappa shape index (κ3) is 5.04. The van der Waals surface area contributed by atoms with Crippen LogP contribution < -0.4 is 9.47 Å². The largest absolute Gasteiger partial charge is 0.494 e. The van der Waals surface area contributed by atoms with E-state index in [2.05, 4.69) is 28.1 Å². The maximum Gasteiger partial charge on any atom is 0.120 e. The molecule has 2 aromatic carbocycles. The Balaban J connectivity index is 1.11. The Morgan fingerprint density at radius 2 is 1.78 bits per heavy atom. The van der Waals surface area contributed by atoms with Crippen molar-refractivity contribution in [2.45, 2.75) is 19.3 Å². The molecule has 0 aliphatic carbocycles. The van der Waals surface area contributed by atoms with E-state index in [0.29, 0.717) is 5.92 Å². The van der Waals surface area contributed by atoms with Crippen molar-refractivity contribution in [2.24, 2.45) is 5.92 Å². The van der Waals surface area contributed by atoms with Crippen molar-refractivity contribution in [2.75, 3.05) is 32.8 Å². The lowest BCUT2D eigenvalue weighted by molar-refractivity contribution is 0.135. The Labute approximate surface area is 161 Å². The van der Waals surface area contributed by atoms with Crippen LogP contribution in [0.25, 0.3) is 10.9 Å². The van der Waals surface area contributed by atoms with Crippen LogP contribution in [-0.4, -0.2) is 42.7 Å². The molecule has 0 bridgehead atoms. The number of aromatic nitrogens is 1. The summed E-state index contributed by atoms with van der Waals surface area (Å²) in [5.74, 6) is 2.61. The Hall–Kier alpha value is -2.46. The fourth-order valence-corrected chi connectivity index (χ4v) is 3.71. The van der Waals surface area contributed by atoms with Crippen LogP contribution in [0, 0.1) is 5.92 Å². The molecule has 1 aliphatic rings. The van der Waals surface area contributed by atoms with E-state index in [9.17, 15) is 0 Å². The first kappa shape index (κ1) is 17.9. The zero-order chi connectivity index (χ0) is 18.3. The highest BCUT2D eigenvalue weighted by Crippen LogP contribution is 2.21. The first-order valence-electron chi connectivity index (χ1n) is 9.97. The molecule has 27 heavy (non-hydrogen) atoms. The molecule has 0 spiro atoms. The lowest BCUT2D eigenvalue weighted by Gasteiger charge is -2.31. The quantitative estimate of drug-likeness (QED) is 0.587. The number of H-pyrrole nitrogens is 1. The molecule has 1 saturated heterocycles. The number of piperidine rings is 1. The molecule has 0 amide bonds. The maximum atomic E-state index is 5.92. The predicted octanol–water partition coefficient (Wildman–Crippen LogP) is 4.73. The number of hydrogen-bond donors (Lipinski definition) is 1. The van der Waals surface area contributed by atoms with E-state index >= 15 is 0 Å². The van der Waals surface area contributed by atoms with Crippen molar-refractivity contribution >= 4 is 10.9 Å². The lowest BCUT2D eigenvalue weighted by atomic mass is 9.98. The summed E-state index contributed by atoms with van der Waals surface area (Å²) in [5, 5.41) is 1.20. The predicted molar refractivity (Wildman–Crippen MR) is 110 cm³/mol. The monoisotopic (exact) mass is 364 g/mol. The molecule has 3 aromatic rings. The van der Waals surface area contributed by atoms with Crippen molar-refractivity contribution in [1.82, 2.24) is 9.88 Å². The second kappa shape index (κ2) is 8.96. The summed E-state index contributed by atoms with van der Waals surface area (Å²) in [5.41, 5.74) is 1.15. The first-order chi connectivity index (χ1) is 13.4. The van der Waals surface area contributed by atoms with Crippen molar-refractivity contribution in [1.29, 1.82) is 0 Å². The number of nitrogens with zero attached hydrogens (tertiary/aromatic N) is 1. The Kier molecular flexibility index (Phi) is 5.95. The van der Waals surface area contributed by atoms with Crippen LogP contribution in [0.1, 0.15) is 19.3 Å². The Bertz CT molecular complexity index is 823. The van der Waals surface area contributed by atoms with Gasteiger partial charge in [-0.05, 0) is 74.7 Å². The molecule has 0 atom stereocenters. The van der Waals surface area contributed by atoms with Crippen molar-refractivity contribution in [3.63, 3.8) is 0 Å². The molecule has 2 heterocycles. The third-order valence-corrected chi connectivity index (χ3v) is 5.35. The van der Waals surface area contributed by atoms with Crippen LogP contribution in [0.15, 0.2) is 60.8 Å². The van der Waals surface area contributed by atoms with Gasteiger partial charge in [-0.25, -0.2) is 0 Å². The number of aromatic amines is 1. The van der Waals surface area contributed by atoms with Crippen molar-refractivity contribution in [3.05, 3.63) is 60.8 Å². The summed E-state index contributed by atoms with van der Waals surface area (Å²) in [6, 6.07) is 18.4. The summed E-state index contributed by atoms with van der Waals surface area (Å²) in [6.07, 6.45) is 5.47. The minimum atomic E-state index is 0.672. The van der Waals surface area contributed by atoms with Gasteiger partial charge in [0.15, 0.2) is 0 Å². The molecule has 1 N–H and O–H groups in total. The molecule has 0 radical (unpaired) electrons. The van der Waals surface area contributed by atoms with Gasteiger partial charge in [0, 0.05) is 23.6 Å². The van der Waals surface area contributed by atoms with Gasteiger partial charge in [0.25, 0.3) is 0 Å². The molecule has 142 valence electrons. The molecule has 0 saturated carbocycles. The second-order valence-electron chi connectivity index (χ2n) is 7.34. The molecule has 4 nitrogen and oxygen atoms in total. The van der Waals surface area contributed by atoms with Gasteiger partial charge < -0.3 is 19.4 Å². The average molecular weight is 364 g/mol. The molecular formula is C23H28N2O2. The molecular weight excluding hydrogens is 336 g/mol. The van der Waals surface area contributed by atoms with Gasteiger partial charge in [-0.2, -0.15) is 0 Å². The summed E-state index contributed by atoms with van der Waals surface area (Å²) in [6.45, 7) is 5.05. The van der Waals surface area contributed by atoms with Crippen LogP contribution in [-0.2, 0) is 0 Å². The molecule has 0 unspecified atom stereocenters. The molecule has 1 aliphatic heterocycles. The fourth-order valence-electron chi connectivity index (χ4n) is 3.71. The minimum Gasteiger partial charge on any atom is -0.494 e. The number of likely N-dealkylation sites (tertiary alicyclic amines) is 1. The molecule has 4 rings (SSSR count). The van der Waals surface area contributed by atoms with Gasteiger partial charge in [-0.1, -0.05) is 18.2 Å². The second-order valence-corrected chi connectivity index (χ2v) is 7.34. The number of fused-ring (bicyclic) bond motifs is 1.